The highest BCUT2D eigenvalue weighted by Gasteiger charge is 2.26. The molecule has 0 spiro atoms. The van der Waals surface area contributed by atoms with Crippen molar-refractivity contribution >= 4 is 11.8 Å². The van der Waals surface area contributed by atoms with E-state index in [1.165, 1.54) is 0 Å². The van der Waals surface area contributed by atoms with Gasteiger partial charge < -0.3 is 24.4 Å². The molecular formula is C28H40N2O5. The van der Waals surface area contributed by atoms with Crippen LogP contribution < -0.4 is 19.5 Å². The van der Waals surface area contributed by atoms with Crippen LogP contribution in [0.3, 0.4) is 0 Å². The summed E-state index contributed by atoms with van der Waals surface area (Å²) in [7, 11) is 1.62. The molecule has 35 heavy (non-hydrogen) atoms. The van der Waals surface area contributed by atoms with Crippen molar-refractivity contribution in [2.45, 2.75) is 66.0 Å². The predicted octanol–water partition coefficient (Wildman–Crippen LogP) is 4.76. The summed E-state index contributed by atoms with van der Waals surface area (Å²) in [5.74, 6) is 1.91. The number of hydrogen-bond acceptors (Lipinski definition) is 5. The molecule has 7 heteroatoms. The Morgan fingerprint density at radius 1 is 0.943 bits per heavy atom. The maximum Gasteiger partial charge on any atom is 0.242 e. The largest absolute Gasteiger partial charge is 0.497 e. The number of unbranched alkanes of at least 4 members (excludes halogenated alkanes) is 1. The van der Waals surface area contributed by atoms with E-state index in [0.717, 1.165) is 29.7 Å². The van der Waals surface area contributed by atoms with Gasteiger partial charge >= 0.3 is 0 Å². The van der Waals surface area contributed by atoms with E-state index in [9.17, 15) is 9.59 Å². The average molecular weight is 485 g/mol. The maximum absolute atomic E-state index is 13.4. The van der Waals surface area contributed by atoms with Gasteiger partial charge in [-0.1, -0.05) is 31.5 Å². The van der Waals surface area contributed by atoms with Crippen molar-refractivity contribution in [3.05, 3.63) is 53.6 Å². The molecule has 0 saturated heterocycles. The molecule has 0 radical (unpaired) electrons. The number of benzene rings is 2. The van der Waals surface area contributed by atoms with Gasteiger partial charge in [0.1, 0.15) is 11.8 Å². The molecule has 2 amide bonds. The van der Waals surface area contributed by atoms with E-state index in [1.54, 1.807) is 18.9 Å². The van der Waals surface area contributed by atoms with Gasteiger partial charge in [-0.3, -0.25) is 9.59 Å². The van der Waals surface area contributed by atoms with Crippen molar-refractivity contribution < 1.29 is 23.8 Å². The Morgan fingerprint density at radius 3 is 2.23 bits per heavy atom. The number of carbonyl (C=O) groups is 2. The Labute approximate surface area is 209 Å². The molecule has 1 unspecified atom stereocenters. The Morgan fingerprint density at radius 2 is 1.60 bits per heavy atom. The molecule has 0 aliphatic carbocycles. The van der Waals surface area contributed by atoms with E-state index in [4.69, 9.17) is 14.2 Å². The minimum Gasteiger partial charge on any atom is -0.497 e. The van der Waals surface area contributed by atoms with Crippen LogP contribution in [-0.4, -0.2) is 49.6 Å². The van der Waals surface area contributed by atoms with Crippen LogP contribution in [0.4, 0.5) is 0 Å². The first-order valence-electron chi connectivity index (χ1n) is 12.5. The third-order valence-corrected chi connectivity index (χ3v) is 5.74. The number of nitrogens with one attached hydrogen (secondary N) is 1. The van der Waals surface area contributed by atoms with Crippen LogP contribution in [0.2, 0.25) is 0 Å². The van der Waals surface area contributed by atoms with Crippen LogP contribution in [-0.2, 0) is 22.6 Å². The van der Waals surface area contributed by atoms with Gasteiger partial charge in [0.25, 0.3) is 0 Å². The fourth-order valence-electron chi connectivity index (χ4n) is 3.69. The number of amides is 2. The molecule has 7 nitrogen and oxygen atoms in total. The van der Waals surface area contributed by atoms with E-state index < -0.39 is 6.04 Å². The topological polar surface area (TPSA) is 77.1 Å². The number of carbonyl (C=O) groups excluding carboxylic acids is 2. The molecule has 0 fully saturated rings. The van der Waals surface area contributed by atoms with Gasteiger partial charge in [-0.05, 0) is 69.0 Å². The van der Waals surface area contributed by atoms with Gasteiger partial charge in [0, 0.05) is 19.5 Å². The Hall–Kier alpha value is -3.22. The van der Waals surface area contributed by atoms with Crippen LogP contribution in [0, 0.1) is 0 Å². The van der Waals surface area contributed by atoms with Crippen molar-refractivity contribution in [3.63, 3.8) is 0 Å². The molecular weight excluding hydrogens is 444 g/mol. The van der Waals surface area contributed by atoms with Gasteiger partial charge in [0.15, 0.2) is 11.5 Å². The average Bonchev–Trinajstić information content (AvgIpc) is 2.87. The fraction of sp³-hybridized carbons (Fsp3) is 0.500. The quantitative estimate of drug-likeness (QED) is 0.369. The highest BCUT2D eigenvalue weighted by atomic mass is 16.5. The molecule has 0 aliphatic heterocycles. The first-order chi connectivity index (χ1) is 16.9. The molecule has 2 aromatic rings. The highest BCUT2D eigenvalue weighted by molar-refractivity contribution is 5.87. The zero-order valence-corrected chi connectivity index (χ0v) is 21.8. The Bertz CT molecular complexity index is 929. The molecule has 0 heterocycles. The third-order valence-electron chi connectivity index (χ3n) is 5.74. The fourth-order valence-corrected chi connectivity index (χ4v) is 3.69. The smallest absolute Gasteiger partial charge is 0.242 e. The monoisotopic (exact) mass is 484 g/mol. The van der Waals surface area contributed by atoms with Gasteiger partial charge in [-0.2, -0.15) is 0 Å². The van der Waals surface area contributed by atoms with Crippen LogP contribution >= 0.6 is 0 Å². The highest BCUT2D eigenvalue weighted by Crippen LogP contribution is 2.29. The molecule has 0 bridgehead atoms. The van der Waals surface area contributed by atoms with Crippen molar-refractivity contribution in [2.24, 2.45) is 0 Å². The van der Waals surface area contributed by atoms with Gasteiger partial charge in [0.05, 0.1) is 20.3 Å². The van der Waals surface area contributed by atoms with Crippen molar-refractivity contribution in [1.29, 1.82) is 0 Å². The summed E-state index contributed by atoms with van der Waals surface area (Å²) >= 11 is 0. The van der Waals surface area contributed by atoms with Crippen LogP contribution in [0.5, 0.6) is 17.2 Å². The number of ether oxygens (including phenoxy) is 3. The first kappa shape index (κ1) is 28.0. The normalized spacial score (nSPS) is 11.5. The Kier molecular flexibility index (Phi) is 11.9. The Balaban J connectivity index is 2.15. The van der Waals surface area contributed by atoms with Crippen molar-refractivity contribution in [2.75, 3.05) is 26.9 Å². The predicted molar refractivity (Wildman–Crippen MR) is 138 cm³/mol. The molecule has 2 rings (SSSR count). The second-order valence-corrected chi connectivity index (χ2v) is 8.34. The first-order valence-corrected chi connectivity index (χ1v) is 12.5. The minimum atomic E-state index is -0.583. The summed E-state index contributed by atoms with van der Waals surface area (Å²) < 4.78 is 16.6. The molecule has 0 aliphatic rings. The summed E-state index contributed by atoms with van der Waals surface area (Å²) in [6.45, 7) is 9.75. The number of methoxy groups -OCH3 is 1. The van der Waals surface area contributed by atoms with Gasteiger partial charge in [0.2, 0.25) is 11.8 Å². The van der Waals surface area contributed by atoms with E-state index in [-0.39, 0.29) is 18.2 Å². The third kappa shape index (κ3) is 8.81. The zero-order chi connectivity index (χ0) is 25.6. The zero-order valence-electron chi connectivity index (χ0n) is 21.8. The lowest BCUT2D eigenvalue weighted by Crippen LogP contribution is -2.47. The molecule has 2 aromatic carbocycles. The maximum atomic E-state index is 13.4. The number of aryl methyl sites for hydroxylation is 1. The number of hydrogen-bond donors (Lipinski definition) is 1. The summed E-state index contributed by atoms with van der Waals surface area (Å²) in [5.41, 5.74) is 1.92. The van der Waals surface area contributed by atoms with Crippen molar-refractivity contribution in [3.8, 4) is 17.2 Å². The molecule has 1 N–H and O–H groups in total. The number of rotatable bonds is 15. The lowest BCUT2D eigenvalue weighted by atomic mass is 10.1. The molecule has 1 atom stereocenters. The summed E-state index contributed by atoms with van der Waals surface area (Å²) in [6, 6.07) is 12.7. The van der Waals surface area contributed by atoms with Crippen LogP contribution in [0.25, 0.3) is 0 Å². The van der Waals surface area contributed by atoms with E-state index in [0.29, 0.717) is 44.2 Å². The van der Waals surface area contributed by atoms with E-state index in [1.807, 2.05) is 56.3 Å². The summed E-state index contributed by atoms with van der Waals surface area (Å²) in [4.78, 5) is 27.8. The second kappa shape index (κ2) is 14.9. The molecule has 0 saturated carbocycles. The standard InChI is InChI=1S/C28H40N2O5/c1-6-9-18-29-28(32)21(4)30(20-23-10-14-24(33-5)15-11-23)27(31)17-13-22-12-16-25(34-7-2)26(19-22)35-8-3/h10-12,14-16,19,21H,6-9,13,17-18,20H2,1-5H3,(H,29,32). The van der Waals surface area contributed by atoms with Crippen molar-refractivity contribution in [1.82, 2.24) is 10.2 Å². The summed E-state index contributed by atoms with van der Waals surface area (Å²) in [5, 5.41) is 2.95. The van der Waals surface area contributed by atoms with E-state index >= 15 is 0 Å². The second-order valence-electron chi connectivity index (χ2n) is 8.34. The summed E-state index contributed by atoms with van der Waals surface area (Å²) in [6.07, 6.45) is 2.72. The van der Waals surface area contributed by atoms with Gasteiger partial charge in [-0.15, -0.1) is 0 Å². The minimum absolute atomic E-state index is 0.0780. The van der Waals surface area contributed by atoms with Gasteiger partial charge in [-0.25, -0.2) is 0 Å². The van der Waals surface area contributed by atoms with E-state index in [2.05, 4.69) is 12.2 Å². The lowest BCUT2D eigenvalue weighted by Gasteiger charge is -2.29. The molecule has 192 valence electrons. The lowest BCUT2D eigenvalue weighted by molar-refractivity contribution is -0.140. The number of nitrogens with zero attached hydrogens (tertiary/aromatic N) is 1. The van der Waals surface area contributed by atoms with Crippen LogP contribution in [0.1, 0.15) is 58.1 Å². The van der Waals surface area contributed by atoms with Crippen LogP contribution in [0.15, 0.2) is 42.5 Å². The molecule has 0 aromatic heterocycles. The SMILES string of the molecule is CCCCNC(=O)C(C)N(Cc1ccc(OC)cc1)C(=O)CCc1ccc(OCC)c(OCC)c1.